The number of amides is 1. The number of nitrogens with one attached hydrogen (secondary N) is 1. The molecule has 1 aliphatic heterocycles. The number of hydrogen-bond acceptors (Lipinski definition) is 5. The summed E-state index contributed by atoms with van der Waals surface area (Å²) in [6.07, 6.45) is -0.103. The standard InChI is InChI=1S/C11H11BrN2O4S/c12-9-2-1-6(19-9)3-4-13-10(15)8-5-7(11(16)17)14-18-8/h1-2,8H,3-5H2,(H,13,15)(H,16,17). The zero-order chi connectivity index (χ0) is 13.8. The van der Waals surface area contributed by atoms with E-state index in [-0.39, 0.29) is 18.0 Å². The molecule has 0 aromatic carbocycles. The Hall–Kier alpha value is -1.41. The molecule has 0 fully saturated rings. The van der Waals surface area contributed by atoms with Crippen LogP contribution in [0.1, 0.15) is 11.3 Å². The van der Waals surface area contributed by atoms with Crippen LogP contribution in [0.25, 0.3) is 0 Å². The summed E-state index contributed by atoms with van der Waals surface area (Å²) in [5.41, 5.74) is -0.123. The lowest BCUT2D eigenvalue weighted by atomic mass is 10.1. The van der Waals surface area contributed by atoms with Gasteiger partial charge < -0.3 is 15.3 Å². The van der Waals surface area contributed by atoms with Crippen molar-refractivity contribution in [1.29, 1.82) is 0 Å². The van der Waals surface area contributed by atoms with Gasteiger partial charge in [0, 0.05) is 17.8 Å². The van der Waals surface area contributed by atoms with Gasteiger partial charge in [0.25, 0.3) is 5.91 Å². The maximum Gasteiger partial charge on any atom is 0.353 e. The summed E-state index contributed by atoms with van der Waals surface area (Å²) in [5, 5.41) is 14.8. The van der Waals surface area contributed by atoms with Gasteiger partial charge in [-0.3, -0.25) is 4.79 Å². The summed E-state index contributed by atoms with van der Waals surface area (Å²) in [6.45, 7) is 0.480. The van der Waals surface area contributed by atoms with Gasteiger partial charge in [-0.15, -0.1) is 11.3 Å². The zero-order valence-corrected chi connectivity index (χ0v) is 12.2. The lowest BCUT2D eigenvalue weighted by molar-refractivity contribution is -0.131. The first-order valence-corrected chi connectivity index (χ1v) is 7.15. The van der Waals surface area contributed by atoms with Crippen LogP contribution in [0, 0.1) is 0 Å². The number of carboxylic acids is 1. The third-order valence-electron chi connectivity index (χ3n) is 2.51. The van der Waals surface area contributed by atoms with E-state index >= 15 is 0 Å². The molecule has 102 valence electrons. The predicted octanol–water partition coefficient (Wildman–Crippen LogP) is 1.40. The lowest BCUT2D eigenvalue weighted by Gasteiger charge is -2.08. The van der Waals surface area contributed by atoms with Crippen LogP contribution >= 0.6 is 27.3 Å². The molecule has 0 spiro atoms. The summed E-state index contributed by atoms with van der Waals surface area (Å²) in [6, 6.07) is 3.94. The van der Waals surface area contributed by atoms with Crippen molar-refractivity contribution in [2.45, 2.75) is 18.9 Å². The Bertz CT molecular complexity index is 529. The second-order valence-electron chi connectivity index (χ2n) is 3.89. The maximum atomic E-state index is 11.7. The number of halogens is 1. The number of carbonyl (C=O) groups is 2. The number of rotatable bonds is 5. The highest BCUT2D eigenvalue weighted by Gasteiger charge is 2.31. The van der Waals surface area contributed by atoms with Crippen molar-refractivity contribution in [3.63, 3.8) is 0 Å². The van der Waals surface area contributed by atoms with E-state index in [1.807, 2.05) is 12.1 Å². The second kappa shape index (κ2) is 6.16. The van der Waals surface area contributed by atoms with Crippen molar-refractivity contribution < 1.29 is 19.5 Å². The fourth-order valence-electron chi connectivity index (χ4n) is 1.55. The van der Waals surface area contributed by atoms with E-state index in [0.29, 0.717) is 6.54 Å². The summed E-state index contributed by atoms with van der Waals surface area (Å²) < 4.78 is 1.05. The van der Waals surface area contributed by atoms with Crippen LogP contribution in [0.15, 0.2) is 21.1 Å². The average Bonchev–Trinajstić information content (AvgIpc) is 2.98. The Labute approximate surface area is 121 Å². The molecule has 1 atom stereocenters. The van der Waals surface area contributed by atoms with Crippen LogP contribution in [-0.4, -0.2) is 35.3 Å². The molecule has 2 heterocycles. The Morgan fingerprint density at radius 1 is 1.58 bits per heavy atom. The number of thiophene rings is 1. The molecule has 6 nitrogen and oxygen atoms in total. The third kappa shape index (κ3) is 3.77. The van der Waals surface area contributed by atoms with Crippen LogP contribution in [0.2, 0.25) is 0 Å². The highest BCUT2D eigenvalue weighted by atomic mass is 79.9. The van der Waals surface area contributed by atoms with E-state index < -0.39 is 12.1 Å². The summed E-state index contributed by atoms with van der Waals surface area (Å²) in [7, 11) is 0. The van der Waals surface area contributed by atoms with Crippen molar-refractivity contribution in [1.82, 2.24) is 5.32 Å². The predicted molar refractivity (Wildman–Crippen MR) is 73.3 cm³/mol. The first-order chi connectivity index (χ1) is 9.06. The van der Waals surface area contributed by atoms with Crippen LogP contribution in [0.4, 0.5) is 0 Å². The molecule has 1 unspecified atom stereocenters. The molecule has 1 aliphatic rings. The van der Waals surface area contributed by atoms with E-state index in [4.69, 9.17) is 9.94 Å². The van der Waals surface area contributed by atoms with Crippen LogP contribution < -0.4 is 5.32 Å². The molecule has 8 heteroatoms. The first-order valence-electron chi connectivity index (χ1n) is 5.54. The summed E-state index contributed by atoms with van der Waals surface area (Å²) in [4.78, 5) is 28.3. The van der Waals surface area contributed by atoms with Crippen molar-refractivity contribution in [2.24, 2.45) is 5.16 Å². The monoisotopic (exact) mass is 346 g/mol. The van der Waals surface area contributed by atoms with Gasteiger partial charge in [-0.05, 0) is 34.5 Å². The molecule has 0 radical (unpaired) electrons. The number of carboxylic acid groups (broad SMARTS) is 1. The SMILES string of the molecule is O=C(O)C1=NOC(C(=O)NCCc2ccc(Br)s2)C1. The highest BCUT2D eigenvalue weighted by molar-refractivity contribution is 9.11. The Morgan fingerprint density at radius 2 is 2.37 bits per heavy atom. The van der Waals surface area contributed by atoms with E-state index in [1.54, 1.807) is 11.3 Å². The van der Waals surface area contributed by atoms with Gasteiger partial charge in [0.15, 0.2) is 5.71 Å². The number of carbonyl (C=O) groups excluding carboxylic acids is 1. The molecule has 1 aromatic heterocycles. The summed E-state index contributed by atoms with van der Waals surface area (Å²) >= 11 is 4.98. The Kier molecular flexibility index (Phi) is 4.54. The lowest BCUT2D eigenvalue weighted by Crippen LogP contribution is -2.36. The Morgan fingerprint density at radius 3 is 2.95 bits per heavy atom. The van der Waals surface area contributed by atoms with E-state index in [0.717, 1.165) is 15.1 Å². The number of hydrogen-bond donors (Lipinski definition) is 2. The molecule has 0 aliphatic carbocycles. The molecule has 0 bridgehead atoms. The molecule has 2 N–H and O–H groups in total. The smallest absolute Gasteiger partial charge is 0.353 e. The largest absolute Gasteiger partial charge is 0.477 e. The van der Waals surface area contributed by atoms with Gasteiger partial charge in [0.05, 0.1) is 3.79 Å². The molecular weight excluding hydrogens is 336 g/mol. The second-order valence-corrected chi connectivity index (χ2v) is 6.44. The molecule has 1 amide bonds. The minimum absolute atomic E-state index is 0.00567. The topological polar surface area (TPSA) is 88.0 Å². The highest BCUT2D eigenvalue weighted by Crippen LogP contribution is 2.22. The van der Waals surface area contributed by atoms with Gasteiger partial charge in [0.2, 0.25) is 6.10 Å². The number of aliphatic carboxylic acids is 1. The van der Waals surface area contributed by atoms with Crippen molar-refractivity contribution >= 4 is 44.9 Å². The van der Waals surface area contributed by atoms with Gasteiger partial charge in [0.1, 0.15) is 0 Å². The van der Waals surface area contributed by atoms with Crippen LogP contribution in [0.3, 0.4) is 0 Å². The van der Waals surface area contributed by atoms with Crippen molar-refractivity contribution in [3.05, 3.63) is 20.8 Å². The summed E-state index contributed by atoms with van der Waals surface area (Å²) in [5.74, 6) is -1.49. The Balaban J connectivity index is 1.73. The molecule has 1 aromatic rings. The minimum Gasteiger partial charge on any atom is -0.477 e. The molecule has 0 saturated carbocycles. The van der Waals surface area contributed by atoms with Gasteiger partial charge in [-0.1, -0.05) is 5.16 Å². The first kappa shape index (κ1) is 14.0. The molecule has 19 heavy (non-hydrogen) atoms. The fourth-order valence-corrected chi connectivity index (χ4v) is 3.04. The van der Waals surface area contributed by atoms with Gasteiger partial charge in [-0.25, -0.2) is 4.79 Å². The normalized spacial score (nSPS) is 17.7. The minimum atomic E-state index is -1.15. The zero-order valence-electron chi connectivity index (χ0n) is 9.76. The fraction of sp³-hybridized carbons (Fsp3) is 0.364. The van der Waals surface area contributed by atoms with Crippen LogP contribution in [-0.2, 0) is 20.8 Å². The molecule has 0 saturated heterocycles. The quantitative estimate of drug-likeness (QED) is 0.843. The van der Waals surface area contributed by atoms with Crippen molar-refractivity contribution in [3.8, 4) is 0 Å². The molecular formula is C11H11BrN2O4S. The third-order valence-corrected chi connectivity index (χ3v) is 4.19. The van der Waals surface area contributed by atoms with E-state index in [2.05, 4.69) is 26.4 Å². The van der Waals surface area contributed by atoms with Crippen LogP contribution in [0.5, 0.6) is 0 Å². The van der Waals surface area contributed by atoms with E-state index in [9.17, 15) is 9.59 Å². The average molecular weight is 347 g/mol. The van der Waals surface area contributed by atoms with Gasteiger partial charge in [-0.2, -0.15) is 0 Å². The van der Waals surface area contributed by atoms with Crippen molar-refractivity contribution in [2.75, 3.05) is 6.54 Å². The number of nitrogens with zero attached hydrogens (tertiary/aromatic N) is 1. The maximum absolute atomic E-state index is 11.7. The number of oxime groups is 1. The van der Waals surface area contributed by atoms with E-state index in [1.165, 1.54) is 0 Å². The molecule has 2 rings (SSSR count). The van der Waals surface area contributed by atoms with Gasteiger partial charge >= 0.3 is 5.97 Å².